The third-order valence-corrected chi connectivity index (χ3v) is 4.82. The molecule has 26 heavy (non-hydrogen) atoms. The first-order chi connectivity index (χ1) is 12.6. The lowest BCUT2D eigenvalue weighted by Crippen LogP contribution is -2.58. The SMILES string of the molecule is N#C/C=C/CC1C(=O)N2C(C(=O)OC3OC(=O)c4ccccc43)=CCC12. The van der Waals surface area contributed by atoms with E-state index in [-0.39, 0.29) is 23.6 Å². The summed E-state index contributed by atoms with van der Waals surface area (Å²) < 4.78 is 10.4. The standard InChI is InChI=1S/C19H14N2O5/c20-10-4-3-7-13-14-8-9-15(21(14)16(13)22)18(24)26-19-12-6-2-1-5-11(12)17(23)25-19/h1-6,9,13-14,19H,7-8H2/b4-3+. The molecule has 3 aliphatic heterocycles. The summed E-state index contributed by atoms with van der Waals surface area (Å²) in [6.07, 6.45) is 4.60. The number of carbonyl (C=O) groups excluding carboxylic acids is 3. The van der Waals surface area contributed by atoms with Gasteiger partial charge in [0, 0.05) is 11.6 Å². The molecule has 1 saturated heterocycles. The summed E-state index contributed by atoms with van der Waals surface area (Å²) in [6.45, 7) is 0. The predicted octanol–water partition coefficient (Wildman–Crippen LogP) is 1.98. The van der Waals surface area contributed by atoms with Gasteiger partial charge >= 0.3 is 11.9 Å². The molecule has 4 rings (SSSR count). The van der Waals surface area contributed by atoms with E-state index < -0.39 is 18.2 Å². The van der Waals surface area contributed by atoms with Gasteiger partial charge in [-0.2, -0.15) is 5.26 Å². The second-order valence-electron chi connectivity index (χ2n) is 6.20. The van der Waals surface area contributed by atoms with Crippen LogP contribution in [0.1, 0.15) is 35.1 Å². The van der Waals surface area contributed by atoms with Crippen molar-refractivity contribution >= 4 is 17.8 Å². The van der Waals surface area contributed by atoms with Gasteiger partial charge in [-0.05, 0) is 18.9 Å². The van der Waals surface area contributed by atoms with Crippen LogP contribution in [0.25, 0.3) is 0 Å². The minimum absolute atomic E-state index is 0.0909. The number of ether oxygens (including phenoxy) is 2. The summed E-state index contributed by atoms with van der Waals surface area (Å²) in [7, 11) is 0. The lowest BCUT2D eigenvalue weighted by molar-refractivity contribution is -0.170. The molecule has 1 fully saturated rings. The van der Waals surface area contributed by atoms with Crippen LogP contribution in [0, 0.1) is 17.2 Å². The molecule has 1 aromatic rings. The van der Waals surface area contributed by atoms with Crippen LogP contribution in [-0.4, -0.2) is 28.8 Å². The van der Waals surface area contributed by atoms with E-state index in [1.54, 1.807) is 36.4 Å². The van der Waals surface area contributed by atoms with Gasteiger partial charge in [0.1, 0.15) is 5.70 Å². The smallest absolute Gasteiger partial charge is 0.358 e. The van der Waals surface area contributed by atoms with Gasteiger partial charge in [0.2, 0.25) is 5.91 Å². The van der Waals surface area contributed by atoms with E-state index >= 15 is 0 Å². The van der Waals surface area contributed by atoms with E-state index in [0.29, 0.717) is 24.0 Å². The van der Waals surface area contributed by atoms with Crippen molar-refractivity contribution in [1.29, 1.82) is 5.26 Å². The average Bonchev–Trinajstić information content (AvgIpc) is 3.18. The highest BCUT2D eigenvalue weighted by Gasteiger charge is 2.52. The molecule has 3 atom stereocenters. The number of cyclic esters (lactones) is 1. The Hall–Kier alpha value is -3.40. The summed E-state index contributed by atoms with van der Waals surface area (Å²) >= 11 is 0. The van der Waals surface area contributed by atoms with E-state index in [9.17, 15) is 14.4 Å². The molecule has 0 aromatic heterocycles. The molecule has 7 nitrogen and oxygen atoms in total. The van der Waals surface area contributed by atoms with Crippen molar-refractivity contribution in [2.75, 3.05) is 0 Å². The fourth-order valence-corrected chi connectivity index (χ4v) is 3.57. The Morgan fingerprint density at radius 2 is 2.19 bits per heavy atom. The number of allylic oxidation sites excluding steroid dienone is 2. The van der Waals surface area contributed by atoms with E-state index in [2.05, 4.69) is 0 Å². The van der Waals surface area contributed by atoms with Crippen molar-refractivity contribution in [3.05, 3.63) is 59.3 Å². The molecule has 1 aromatic carbocycles. The fraction of sp³-hybridized carbons (Fsp3) is 0.263. The van der Waals surface area contributed by atoms with Crippen molar-refractivity contribution in [3.8, 4) is 6.07 Å². The highest BCUT2D eigenvalue weighted by Crippen LogP contribution is 2.41. The molecule has 130 valence electrons. The van der Waals surface area contributed by atoms with Crippen molar-refractivity contribution in [1.82, 2.24) is 4.90 Å². The number of hydrogen-bond donors (Lipinski definition) is 0. The third-order valence-electron chi connectivity index (χ3n) is 4.82. The first-order valence-electron chi connectivity index (χ1n) is 8.20. The maximum atomic E-state index is 12.5. The number of rotatable bonds is 4. The molecule has 3 heterocycles. The average molecular weight is 350 g/mol. The van der Waals surface area contributed by atoms with Gasteiger partial charge < -0.3 is 14.4 Å². The summed E-state index contributed by atoms with van der Waals surface area (Å²) in [6, 6.07) is 8.50. The number of benzene rings is 1. The molecule has 0 N–H and O–H groups in total. The Balaban J connectivity index is 1.43. The number of carbonyl (C=O) groups is 3. The van der Waals surface area contributed by atoms with Crippen LogP contribution < -0.4 is 0 Å². The number of hydrogen-bond acceptors (Lipinski definition) is 6. The number of nitriles is 1. The highest BCUT2D eigenvalue weighted by molar-refractivity contribution is 6.00. The number of nitrogens with zero attached hydrogens (tertiary/aromatic N) is 2. The van der Waals surface area contributed by atoms with Crippen molar-refractivity contribution in [3.63, 3.8) is 0 Å². The fourth-order valence-electron chi connectivity index (χ4n) is 3.57. The lowest BCUT2D eigenvalue weighted by Gasteiger charge is -2.43. The molecule has 0 saturated carbocycles. The first kappa shape index (κ1) is 16.1. The van der Waals surface area contributed by atoms with Crippen LogP contribution in [0.4, 0.5) is 0 Å². The number of β-lactam (4-membered cyclic amide) rings is 1. The Morgan fingerprint density at radius 3 is 3.00 bits per heavy atom. The molecule has 3 unspecified atom stereocenters. The quantitative estimate of drug-likeness (QED) is 0.468. The molecule has 0 radical (unpaired) electrons. The third kappa shape index (κ3) is 2.39. The maximum absolute atomic E-state index is 12.5. The minimum atomic E-state index is -1.10. The van der Waals surface area contributed by atoms with Gasteiger partial charge in [-0.15, -0.1) is 0 Å². The molecule has 7 heteroatoms. The van der Waals surface area contributed by atoms with Crippen LogP contribution in [0.15, 0.2) is 48.2 Å². The Morgan fingerprint density at radius 1 is 1.38 bits per heavy atom. The Labute approximate surface area is 149 Å². The summed E-state index contributed by atoms with van der Waals surface area (Å²) in [4.78, 5) is 38.0. The second kappa shape index (κ2) is 6.15. The summed E-state index contributed by atoms with van der Waals surface area (Å²) in [5.41, 5.74) is 1.05. The number of fused-ring (bicyclic) bond motifs is 2. The first-order valence-corrected chi connectivity index (χ1v) is 8.20. The zero-order valence-corrected chi connectivity index (χ0v) is 13.6. The van der Waals surface area contributed by atoms with E-state index in [1.165, 1.54) is 11.0 Å². The maximum Gasteiger partial charge on any atom is 0.358 e. The van der Waals surface area contributed by atoms with Crippen LogP contribution in [0.2, 0.25) is 0 Å². The summed E-state index contributed by atoms with van der Waals surface area (Å²) in [5, 5.41) is 8.52. The molecular weight excluding hydrogens is 336 g/mol. The monoisotopic (exact) mass is 350 g/mol. The van der Waals surface area contributed by atoms with Gasteiger partial charge in [0.15, 0.2) is 0 Å². The van der Waals surface area contributed by atoms with E-state index in [4.69, 9.17) is 14.7 Å². The highest BCUT2D eigenvalue weighted by atomic mass is 16.7. The Kier molecular flexibility index (Phi) is 3.81. The van der Waals surface area contributed by atoms with Gasteiger partial charge in [-0.3, -0.25) is 4.79 Å². The minimum Gasteiger partial charge on any atom is -0.417 e. The summed E-state index contributed by atoms with van der Waals surface area (Å²) in [5.74, 6) is -1.63. The van der Waals surface area contributed by atoms with Crippen molar-refractivity contribution in [2.24, 2.45) is 5.92 Å². The normalized spacial score (nSPS) is 25.9. The van der Waals surface area contributed by atoms with Crippen LogP contribution in [0.5, 0.6) is 0 Å². The molecule has 0 bridgehead atoms. The lowest BCUT2D eigenvalue weighted by atomic mass is 9.85. The van der Waals surface area contributed by atoms with Crippen molar-refractivity contribution in [2.45, 2.75) is 25.2 Å². The largest absolute Gasteiger partial charge is 0.417 e. The zero-order valence-electron chi connectivity index (χ0n) is 13.6. The van der Waals surface area contributed by atoms with Gasteiger partial charge in [-0.25, -0.2) is 9.59 Å². The van der Waals surface area contributed by atoms with E-state index in [0.717, 1.165) is 0 Å². The van der Waals surface area contributed by atoms with Crippen LogP contribution >= 0.6 is 0 Å². The van der Waals surface area contributed by atoms with E-state index in [1.807, 2.05) is 6.07 Å². The zero-order chi connectivity index (χ0) is 18.3. The van der Waals surface area contributed by atoms with Gasteiger partial charge in [-0.1, -0.05) is 30.4 Å². The van der Waals surface area contributed by atoms with Crippen LogP contribution in [-0.2, 0) is 19.1 Å². The molecule has 0 spiro atoms. The molecular formula is C19H14N2O5. The topological polar surface area (TPSA) is 96.7 Å². The molecule has 1 amide bonds. The predicted molar refractivity (Wildman–Crippen MR) is 86.9 cm³/mol. The van der Waals surface area contributed by atoms with Crippen LogP contribution in [0.3, 0.4) is 0 Å². The number of esters is 2. The second-order valence-corrected chi connectivity index (χ2v) is 6.20. The Bertz CT molecular complexity index is 911. The van der Waals surface area contributed by atoms with Gasteiger partial charge in [0.05, 0.1) is 23.6 Å². The number of amides is 1. The van der Waals surface area contributed by atoms with Gasteiger partial charge in [0.25, 0.3) is 6.29 Å². The molecule has 0 aliphatic carbocycles. The molecule has 3 aliphatic rings. The van der Waals surface area contributed by atoms with Crippen molar-refractivity contribution < 1.29 is 23.9 Å².